The first-order valence-electron chi connectivity index (χ1n) is 7.41. The van der Waals surface area contributed by atoms with Gasteiger partial charge in [0, 0.05) is 14.1 Å². The maximum Gasteiger partial charge on any atom is 2.00 e. The molecule has 0 saturated heterocycles. The molecule has 0 bridgehead atoms. The van der Waals surface area contributed by atoms with Crippen molar-refractivity contribution in [1.82, 2.24) is 51.3 Å². The van der Waals surface area contributed by atoms with Crippen LogP contribution in [0.1, 0.15) is 0 Å². The van der Waals surface area contributed by atoms with E-state index in [9.17, 15) is 0 Å². The topological polar surface area (TPSA) is 228 Å². The van der Waals surface area contributed by atoms with Crippen molar-refractivity contribution in [2.45, 2.75) is 0 Å². The minimum atomic E-state index is 0. The van der Waals surface area contributed by atoms with E-state index in [4.69, 9.17) is 20.9 Å². The number of nitrogens with two attached hydrogens (primary N) is 2. The fraction of sp³-hybridized carbons (Fsp3) is 0.286. The van der Waals surface area contributed by atoms with Crippen molar-refractivity contribution >= 4 is 34.2 Å². The van der Waals surface area contributed by atoms with Crippen molar-refractivity contribution in [3.63, 3.8) is 0 Å². The number of aromatic nitrogens is 8. The molecule has 176 valence electrons. The summed E-state index contributed by atoms with van der Waals surface area (Å²) in [7, 11) is 6.72. The van der Waals surface area contributed by atoms with Crippen LogP contribution in [0, 0.1) is 0 Å². The van der Waals surface area contributed by atoms with Gasteiger partial charge in [-0.25, -0.2) is 9.97 Å². The second-order valence-corrected chi connectivity index (χ2v) is 5.24. The van der Waals surface area contributed by atoms with E-state index in [0.717, 1.165) is 0 Å². The van der Waals surface area contributed by atoms with E-state index in [2.05, 4.69) is 29.9 Å². The normalized spacial score (nSPS) is 8.90. The van der Waals surface area contributed by atoms with E-state index in [1.54, 1.807) is 21.8 Å². The molecule has 10 N–H and O–H groups in total. The summed E-state index contributed by atoms with van der Waals surface area (Å²) < 4.78 is 13.5. The number of ether oxygens (including phenoxy) is 2. The van der Waals surface area contributed by atoms with Crippen LogP contribution in [0.15, 0.2) is 12.7 Å². The molecule has 0 spiro atoms. The van der Waals surface area contributed by atoms with Crippen LogP contribution in [-0.4, -0.2) is 53.3 Å². The van der Waals surface area contributed by atoms with Crippen LogP contribution in [-0.2, 0) is 35.2 Å². The molecule has 0 aromatic carbocycles. The van der Waals surface area contributed by atoms with Gasteiger partial charge >= 0.3 is 21.1 Å². The molecule has 0 aliphatic rings. The van der Waals surface area contributed by atoms with Crippen LogP contribution in [0.25, 0.3) is 22.3 Å². The van der Waals surface area contributed by atoms with Crippen molar-refractivity contribution in [2.24, 2.45) is 14.1 Å². The van der Waals surface area contributed by atoms with Gasteiger partial charge in [0.1, 0.15) is 0 Å². The third-order valence-electron chi connectivity index (χ3n) is 3.48. The number of aryl methyl sites for hydroxylation is 2. The average molecular weight is 658 g/mol. The Kier molecular flexibility index (Phi) is 14.7. The van der Waals surface area contributed by atoms with Crippen molar-refractivity contribution in [3.8, 4) is 11.8 Å². The SMILES string of the molecule is COc1nc(N)nc2c1ncn2C.COc1nc(N)nc2c1ncn2C.N.N.[Cl-].[Cl-].[Pt+2]. The predicted octanol–water partition coefficient (Wildman–Crippen LogP) is -5.76. The molecule has 31 heavy (non-hydrogen) atoms. The van der Waals surface area contributed by atoms with Crippen molar-refractivity contribution in [3.05, 3.63) is 12.7 Å². The van der Waals surface area contributed by atoms with Crippen LogP contribution in [0.5, 0.6) is 11.8 Å². The van der Waals surface area contributed by atoms with Crippen molar-refractivity contribution in [1.29, 1.82) is 0 Å². The van der Waals surface area contributed by atoms with E-state index in [1.165, 1.54) is 14.2 Å². The number of anilines is 2. The Bertz CT molecular complexity index is 1000. The van der Waals surface area contributed by atoms with Crippen LogP contribution in [0.3, 0.4) is 0 Å². The molecular weight excluding hydrogens is 634 g/mol. The van der Waals surface area contributed by atoms with Gasteiger partial charge in [0.25, 0.3) is 0 Å². The summed E-state index contributed by atoms with van der Waals surface area (Å²) in [4.78, 5) is 24.0. The average Bonchev–Trinajstić information content (AvgIpc) is 3.18. The van der Waals surface area contributed by atoms with E-state index >= 15 is 0 Å². The maximum atomic E-state index is 5.48. The molecule has 0 fully saturated rings. The van der Waals surface area contributed by atoms with E-state index in [0.29, 0.717) is 34.1 Å². The Hall–Kier alpha value is -2.51. The van der Waals surface area contributed by atoms with Gasteiger partial charge in [-0.2, -0.15) is 19.9 Å². The summed E-state index contributed by atoms with van der Waals surface area (Å²) >= 11 is 0. The first-order valence-corrected chi connectivity index (χ1v) is 7.41. The first kappa shape index (κ1) is 33.1. The van der Waals surface area contributed by atoms with Crippen molar-refractivity contribution in [2.75, 3.05) is 25.7 Å². The molecule has 0 saturated carbocycles. The summed E-state index contributed by atoms with van der Waals surface area (Å²) in [6.07, 6.45) is 3.28. The Morgan fingerprint density at radius 1 is 0.710 bits per heavy atom. The molecule has 4 aromatic rings. The van der Waals surface area contributed by atoms with Gasteiger partial charge in [0.05, 0.1) is 26.9 Å². The fourth-order valence-corrected chi connectivity index (χ4v) is 2.28. The van der Waals surface area contributed by atoms with Crippen molar-refractivity contribution < 1.29 is 55.4 Å². The predicted molar refractivity (Wildman–Crippen MR) is 105 cm³/mol. The molecule has 4 heterocycles. The number of nitrogens with zero attached hydrogens (tertiary/aromatic N) is 8. The summed E-state index contributed by atoms with van der Waals surface area (Å²) in [5.41, 5.74) is 13.6. The third kappa shape index (κ3) is 6.74. The van der Waals surface area contributed by atoms with E-state index < -0.39 is 0 Å². The molecular formula is C14H24Cl2N12O2Pt. The van der Waals surface area contributed by atoms with E-state index in [-0.39, 0.29) is 70.1 Å². The molecule has 0 radical (unpaired) electrons. The fourth-order valence-electron chi connectivity index (χ4n) is 2.28. The van der Waals surface area contributed by atoms with Crippen LogP contribution < -0.4 is 58.1 Å². The number of imidazole rings is 2. The Labute approximate surface area is 204 Å². The smallest absolute Gasteiger partial charge is 1.00 e. The van der Waals surface area contributed by atoms with Gasteiger partial charge in [0.2, 0.25) is 23.7 Å². The summed E-state index contributed by atoms with van der Waals surface area (Å²) in [5, 5.41) is 0. The molecule has 14 nitrogen and oxygen atoms in total. The molecule has 0 atom stereocenters. The molecule has 4 aromatic heterocycles. The van der Waals surface area contributed by atoms with Gasteiger partial charge in [-0.05, 0) is 0 Å². The zero-order valence-corrected chi connectivity index (χ0v) is 21.0. The molecule has 0 aliphatic heterocycles. The van der Waals surface area contributed by atoms with Crippen LogP contribution >= 0.6 is 0 Å². The molecule has 4 rings (SSSR count). The Morgan fingerprint density at radius 2 is 1.03 bits per heavy atom. The zero-order valence-electron chi connectivity index (χ0n) is 17.2. The second-order valence-electron chi connectivity index (χ2n) is 5.24. The Morgan fingerprint density at radius 3 is 1.32 bits per heavy atom. The first-order chi connectivity index (χ1) is 12.4. The second kappa shape index (κ2) is 13.7. The maximum absolute atomic E-state index is 5.48. The minimum Gasteiger partial charge on any atom is -1.00 e. The number of halogens is 2. The summed E-state index contributed by atoms with van der Waals surface area (Å²) in [5.74, 6) is 1.19. The minimum absolute atomic E-state index is 0. The zero-order chi connectivity index (χ0) is 18.8. The van der Waals surface area contributed by atoms with Crippen LogP contribution in [0.4, 0.5) is 11.9 Å². The summed E-state index contributed by atoms with van der Waals surface area (Å²) in [6, 6.07) is 0. The number of rotatable bonds is 2. The number of hydrogen-bond acceptors (Lipinski definition) is 12. The molecule has 0 amide bonds. The molecule has 17 heteroatoms. The third-order valence-corrected chi connectivity index (χ3v) is 3.48. The van der Waals surface area contributed by atoms with Gasteiger partial charge in [-0.15, -0.1) is 0 Å². The number of fused-ring (bicyclic) bond motifs is 2. The molecule has 0 aliphatic carbocycles. The molecule has 0 unspecified atom stereocenters. The van der Waals surface area contributed by atoms with Gasteiger partial charge in [-0.3, -0.25) is 0 Å². The Balaban J connectivity index is -0.000000436. The number of methoxy groups -OCH3 is 2. The number of nitrogen functional groups attached to an aromatic ring is 2. The van der Waals surface area contributed by atoms with E-state index in [1.807, 2.05) is 14.1 Å². The standard InChI is InChI=1S/2C7H9N5O.2ClH.2H3N.Pt/c2*1-12-3-9-4-5(12)10-7(8)11-6(4)13-2;;;;;/h2*3H,1-2H3,(H2,8,10,11);2*1H;2*1H3;/q;;;;;;+2/p-2. The quantitative estimate of drug-likeness (QED) is 0.158. The summed E-state index contributed by atoms with van der Waals surface area (Å²) in [6.45, 7) is 0. The largest absolute Gasteiger partial charge is 2.00 e. The van der Waals surface area contributed by atoms with Gasteiger partial charge in [0.15, 0.2) is 22.3 Å². The number of hydrogen-bond donors (Lipinski definition) is 4. The monoisotopic (exact) mass is 657 g/mol. The van der Waals surface area contributed by atoms with Crippen LogP contribution in [0.2, 0.25) is 0 Å². The van der Waals surface area contributed by atoms with Gasteiger partial charge < -0.3 is 67.2 Å². The van der Waals surface area contributed by atoms with Gasteiger partial charge in [-0.1, -0.05) is 0 Å².